The quantitative estimate of drug-likeness (QED) is 0.345. The van der Waals surface area contributed by atoms with Crippen molar-refractivity contribution < 1.29 is 23.5 Å². The molecule has 2 aromatic heterocycles. The SMILES string of the molecule is CCOC(=O)c1c(NC(=O)C(=O)N/N=C\c2ccco2)sc2c1CC[C@@H](C)C2. The third kappa shape index (κ3) is 4.48. The molecular weight excluding hydrogens is 382 g/mol. The van der Waals surface area contributed by atoms with Gasteiger partial charge in [0.1, 0.15) is 10.8 Å². The zero-order valence-electron chi connectivity index (χ0n) is 15.6. The van der Waals surface area contributed by atoms with Crippen LogP contribution in [0.3, 0.4) is 0 Å². The molecule has 0 bridgehead atoms. The Morgan fingerprint density at radius 1 is 1.39 bits per heavy atom. The van der Waals surface area contributed by atoms with E-state index < -0.39 is 17.8 Å². The molecule has 0 spiro atoms. The Kier molecular flexibility index (Phi) is 6.25. The number of nitrogens with one attached hydrogen (secondary N) is 2. The van der Waals surface area contributed by atoms with Gasteiger partial charge in [-0.25, -0.2) is 10.2 Å². The molecule has 1 aliphatic carbocycles. The van der Waals surface area contributed by atoms with Crippen LogP contribution < -0.4 is 10.7 Å². The number of carbonyl (C=O) groups is 3. The van der Waals surface area contributed by atoms with Crippen LogP contribution in [-0.2, 0) is 27.2 Å². The largest absolute Gasteiger partial charge is 0.463 e. The lowest BCUT2D eigenvalue weighted by Gasteiger charge is -2.18. The number of anilines is 1. The Morgan fingerprint density at radius 2 is 2.21 bits per heavy atom. The van der Waals surface area contributed by atoms with Crippen molar-refractivity contribution in [2.24, 2.45) is 11.0 Å². The van der Waals surface area contributed by atoms with E-state index >= 15 is 0 Å². The molecule has 2 heterocycles. The summed E-state index contributed by atoms with van der Waals surface area (Å²) in [6.07, 6.45) is 5.29. The fourth-order valence-electron chi connectivity index (χ4n) is 2.99. The summed E-state index contributed by atoms with van der Waals surface area (Å²) in [6.45, 7) is 4.10. The van der Waals surface area contributed by atoms with E-state index in [0.717, 1.165) is 29.7 Å². The molecule has 3 rings (SSSR count). The van der Waals surface area contributed by atoms with E-state index in [0.29, 0.717) is 22.2 Å². The highest BCUT2D eigenvalue weighted by Crippen LogP contribution is 2.40. The lowest BCUT2D eigenvalue weighted by atomic mass is 9.88. The predicted molar refractivity (Wildman–Crippen MR) is 105 cm³/mol. The molecule has 0 unspecified atom stereocenters. The number of thiophene rings is 1. The molecule has 0 radical (unpaired) electrons. The minimum atomic E-state index is -0.947. The third-order valence-corrected chi connectivity index (χ3v) is 5.50. The van der Waals surface area contributed by atoms with Crippen molar-refractivity contribution in [1.82, 2.24) is 5.43 Å². The molecule has 9 heteroatoms. The van der Waals surface area contributed by atoms with Gasteiger partial charge in [0.25, 0.3) is 0 Å². The molecule has 8 nitrogen and oxygen atoms in total. The number of rotatable bonds is 5. The van der Waals surface area contributed by atoms with Crippen molar-refractivity contribution in [1.29, 1.82) is 0 Å². The molecule has 148 valence electrons. The van der Waals surface area contributed by atoms with Crippen molar-refractivity contribution in [3.8, 4) is 0 Å². The standard InChI is InChI=1S/C19H21N3O5S/c1-3-26-19(25)15-13-7-6-11(2)9-14(13)28-18(15)21-16(23)17(24)22-20-10-12-5-4-8-27-12/h4-5,8,10-11H,3,6-7,9H2,1-2H3,(H,21,23)(H,22,24)/b20-10-/t11-/m1/s1. The number of hydrogen-bond acceptors (Lipinski definition) is 7. The van der Waals surface area contributed by atoms with Crippen LogP contribution in [0.5, 0.6) is 0 Å². The molecule has 2 aromatic rings. The zero-order chi connectivity index (χ0) is 20.1. The average Bonchev–Trinajstić information content (AvgIpc) is 3.28. The highest BCUT2D eigenvalue weighted by Gasteiger charge is 2.30. The molecule has 0 aromatic carbocycles. The molecule has 1 atom stereocenters. The van der Waals surface area contributed by atoms with E-state index in [1.54, 1.807) is 19.1 Å². The number of furan rings is 1. The first-order valence-corrected chi connectivity index (χ1v) is 9.80. The second-order valence-corrected chi connectivity index (χ2v) is 7.55. The number of nitrogens with zero attached hydrogens (tertiary/aromatic N) is 1. The first kappa shape index (κ1) is 19.8. The average molecular weight is 403 g/mol. The minimum absolute atomic E-state index is 0.231. The maximum atomic E-state index is 12.4. The molecule has 0 aliphatic heterocycles. The second kappa shape index (κ2) is 8.83. The number of hydrogen-bond donors (Lipinski definition) is 2. The van der Waals surface area contributed by atoms with E-state index in [2.05, 4.69) is 22.8 Å². The second-order valence-electron chi connectivity index (χ2n) is 6.45. The lowest BCUT2D eigenvalue weighted by molar-refractivity contribution is -0.136. The zero-order valence-corrected chi connectivity index (χ0v) is 16.4. The summed E-state index contributed by atoms with van der Waals surface area (Å²) < 4.78 is 10.2. The number of hydrazone groups is 1. The Balaban J connectivity index is 1.74. The Labute approximate surface area is 165 Å². The Morgan fingerprint density at radius 3 is 2.93 bits per heavy atom. The summed E-state index contributed by atoms with van der Waals surface area (Å²) in [5, 5.41) is 6.55. The third-order valence-electron chi connectivity index (χ3n) is 4.33. The van der Waals surface area contributed by atoms with E-state index in [1.807, 2.05) is 0 Å². The van der Waals surface area contributed by atoms with Crippen molar-refractivity contribution in [3.63, 3.8) is 0 Å². The van der Waals surface area contributed by atoms with Gasteiger partial charge in [-0.1, -0.05) is 6.92 Å². The fraction of sp³-hybridized carbons (Fsp3) is 0.368. The summed E-state index contributed by atoms with van der Waals surface area (Å²) >= 11 is 1.32. The van der Waals surface area contributed by atoms with Crippen LogP contribution >= 0.6 is 11.3 Å². The number of ether oxygens (including phenoxy) is 1. The van der Waals surface area contributed by atoms with Gasteiger partial charge in [0.15, 0.2) is 0 Å². The van der Waals surface area contributed by atoms with E-state index in [-0.39, 0.29) is 6.61 Å². The molecule has 0 fully saturated rings. The molecule has 0 saturated heterocycles. The lowest BCUT2D eigenvalue weighted by Crippen LogP contribution is -2.32. The van der Waals surface area contributed by atoms with Gasteiger partial charge in [0.2, 0.25) is 0 Å². The van der Waals surface area contributed by atoms with Gasteiger partial charge in [-0.2, -0.15) is 5.10 Å². The molecular formula is C19H21N3O5S. The summed E-state index contributed by atoms with van der Waals surface area (Å²) in [4.78, 5) is 37.7. The van der Waals surface area contributed by atoms with Crippen LogP contribution in [0.2, 0.25) is 0 Å². The Hall–Kier alpha value is -2.94. The normalized spacial score (nSPS) is 15.9. The van der Waals surface area contributed by atoms with E-state index in [1.165, 1.54) is 23.8 Å². The number of amides is 2. The van der Waals surface area contributed by atoms with Gasteiger partial charge in [-0.05, 0) is 49.8 Å². The van der Waals surface area contributed by atoms with Gasteiger partial charge in [0, 0.05) is 4.88 Å². The summed E-state index contributed by atoms with van der Waals surface area (Å²) in [6, 6.07) is 3.32. The van der Waals surface area contributed by atoms with Gasteiger partial charge >= 0.3 is 17.8 Å². The van der Waals surface area contributed by atoms with Crippen LogP contribution in [-0.4, -0.2) is 30.6 Å². The summed E-state index contributed by atoms with van der Waals surface area (Å²) in [5.41, 5.74) is 3.40. The van der Waals surface area contributed by atoms with Crippen LogP contribution in [0, 0.1) is 5.92 Å². The smallest absolute Gasteiger partial charge is 0.341 e. The van der Waals surface area contributed by atoms with Gasteiger partial charge in [-0.3, -0.25) is 9.59 Å². The van der Waals surface area contributed by atoms with Gasteiger partial charge < -0.3 is 14.5 Å². The fourth-order valence-corrected chi connectivity index (χ4v) is 4.38. The summed E-state index contributed by atoms with van der Waals surface area (Å²) in [5.74, 6) is -1.40. The molecule has 2 amide bonds. The Bertz CT molecular complexity index is 901. The van der Waals surface area contributed by atoms with Crippen LogP contribution in [0.4, 0.5) is 5.00 Å². The number of esters is 1. The first-order valence-electron chi connectivity index (χ1n) is 8.99. The van der Waals surface area contributed by atoms with Crippen molar-refractivity contribution in [3.05, 3.63) is 40.2 Å². The number of carbonyl (C=O) groups excluding carboxylic acids is 3. The summed E-state index contributed by atoms with van der Waals surface area (Å²) in [7, 11) is 0. The topological polar surface area (TPSA) is 110 Å². The minimum Gasteiger partial charge on any atom is -0.463 e. The van der Waals surface area contributed by atoms with Crippen molar-refractivity contribution in [2.45, 2.75) is 33.1 Å². The molecule has 0 saturated carbocycles. The van der Waals surface area contributed by atoms with Gasteiger partial charge in [0.05, 0.1) is 24.6 Å². The molecule has 28 heavy (non-hydrogen) atoms. The van der Waals surface area contributed by atoms with E-state index in [4.69, 9.17) is 9.15 Å². The number of fused-ring (bicyclic) bond motifs is 1. The van der Waals surface area contributed by atoms with Crippen molar-refractivity contribution in [2.75, 3.05) is 11.9 Å². The van der Waals surface area contributed by atoms with Gasteiger partial charge in [-0.15, -0.1) is 11.3 Å². The first-order chi connectivity index (χ1) is 13.5. The van der Waals surface area contributed by atoms with Crippen molar-refractivity contribution >= 4 is 40.3 Å². The highest BCUT2D eigenvalue weighted by molar-refractivity contribution is 7.17. The molecule has 2 N–H and O–H groups in total. The molecule has 1 aliphatic rings. The van der Waals surface area contributed by atoms with Crippen LogP contribution in [0.1, 0.15) is 46.8 Å². The monoisotopic (exact) mass is 403 g/mol. The van der Waals surface area contributed by atoms with Crippen LogP contribution in [0.15, 0.2) is 27.9 Å². The highest BCUT2D eigenvalue weighted by atomic mass is 32.1. The maximum Gasteiger partial charge on any atom is 0.341 e. The van der Waals surface area contributed by atoms with Crippen LogP contribution in [0.25, 0.3) is 0 Å². The predicted octanol–water partition coefficient (Wildman–Crippen LogP) is 2.73. The maximum absolute atomic E-state index is 12.4. The van der Waals surface area contributed by atoms with E-state index in [9.17, 15) is 14.4 Å².